The maximum absolute atomic E-state index is 12.8. The van der Waals surface area contributed by atoms with E-state index in [1.807, 2.05) is 46.2 Å². The summed E-state index contributed by atoms with van der Waals surface area (Å²) >= 11 is 0. The number of carbonyl (C=O) groups excluding carboxylic acids is 2. The highest BCUT2D eigenvalue weighted by Crippen LogP contribution is 2.28. The van der Waals surface area contributed by atoms with Crippen LogP contribution >= 0.6 is 0 Å². The predicted octanol–water partition coefficient (Wildman–Crippen LogP) is 2.36. The molecule has 1 aromatic heterocycles. The predicted molar refractivity (Wildman–Crippen MR) is 104 cm³/mol. The lowest BCUT2D eigenvalue weighted by Crippen LogP contribution is -2.49. The van der Waals surface area contributed by atoms with Crippen LogP contribution < -0.4 is 0 Å². The summed E-state index contributed by atoms with van der Waals surface area (Å²) in [7, 11) is 0. The highest BCUT2D eigenvalue weighted by Gasteiger charge is 2.38. The number of hydrogen-bond acceptors (Lipinski definition) is 4. The quantitative estimate of drug-likeness (QED) is 0.800. The Kier molecular flexibility index (Phi) is 5.67. The first kappa shape index (κ1) is 18.6. The van der Waals surface area contributed by atoms with E-state index in [4.69, 9.17) is 4.74 Å². The third-order valence-electron chi connectivity index (χ3n) is 5.54. The molecule has 2 amide bonds. The second kappa shape index (κ2) is 8.52. The number of benzene rings is 1. The number of aromatic nitrogens is 1. The normalized spacial score (nSPS) is 21.4. The Balaban J connectivity index is 1.36. The molecule has 6 nitrogen and oxygen atoms in total. The van der Waals surface area contributed by atoms with Crippen LogP contribution in [0.25, 0.3) is 0 Å². The molecule has 1 aromatic carbocycles. The number of pyridine rings is 1. The fourth-order valence-electron chi connectivity index (χ4n) is 4.12. The maximum atomic E-state index is 12.8. The molecule has 0 saturated carbocycles. The summed E-state index contributed by atoms with van der Waals surface area (Å²) in [6.07, 6.45) is 3.62. The average molecular weight is 379 g/mol. The van der Waals surface area contributed by atoms with Gasteiger partial charge in [0.25, 0.3) is 5.91 Å². The average Bonchev–Trinajstić information content (AvgIpc) is 3.07. The van der Waals surface area contributed by atoms with Gasteiger partial charge in [-0.15, -0.1) is 0 Å². The Morgan fingerprint density at radius 2 is 1.82 bits per heavy atom. The first-order valence-electron chi connectivity index (χ1n) is 9.82. The monoisotopic (exact) mass is 379 g/mol. The number of rotatable bonds is 5. The molecule has 0 aliphatic carbocycles. The summed E-state index contributed by atoms with van der Waals surface area (Å²) in [5.74, 6) is 0.273. The van der Waals surface area contributed by atoms with E-state index in [1.54, 1.807) is 18.3 Å². The third-order valence-corrected chi connectivity index (χ3v) is 5.54. The van der Waals surface area contributed by atoms with Crippen LogP contribution in [0.5, 0.6) is 0 Å². The van der Waals surface area contributed by atoms with E-state index in [1.165, 1.54) is 0 Å². The minimum Gasteiger partial charge on any atom is -0.367 e. The molecule has 0 N–H and O–H groups in total. The highest BCUT2D eigenvalue weighted by molar-refractivity contribution is 5.92. The minimum absolute atomic E-state index is 0.0118. The smallest absolute Gasteiger partial charge is 0.272 e. The molecule has 6 heteroatoms. The van der Waals surface area contributed by atoms with Gasteiger partial charge < -0.3 is 14.5 Å². The van der Waals surface area contributed by atoms with E-state index in [2.05, 4.69) is 4.98 Å². The lowest BCUT2D eigenvalue weighted by atomic mass is 9.95. The van der Waals surface area contributed by atoms with Gasteiger partial charge in [-0.05, 0) is 36.5 Å². The van der Waals surface area contributed by atoms with Crippen molar-refractivity contribution in [1.82, 2.24) is 14.8 Å². The number of amides is 2. The molecular weight excluding hydrogens is 354 g/mol. The summed E-state index contributed by atoms with van der Waals surface area (Å²) in [6.45, 7) is 2.45. The Morgan fingerprint density at radius 1 is 1.00 bits per heavy atom. The van der Waals surface area contributed by atoms with Crippen molar-refractivity contribution in [2.24, 2.45) is 5.92 Å². The molecule has 3 fully saturated rings. The van der Waals surface area contributed by atoms with Gasteiger partial charge in [0, 0.05) is 31.9 Å². The van der Waals surface area contributed by atoms with E-state index in [9.17, 15) is 9.59 Å². The van der Waals surface area contributed by atoms with E-state index in [0.29, 0.717) is 37.9 Å². The second-order valence-corrected chi connectivity index (χ2v) is 7.55. The van der Waals surface area contributed by atoms with Crippen molar-refractivity contribution in [2.75, 3.05) is 26.2 Å². The van der Waals surface area contributed by atoms with Crippen molar-refractivity contribution in [3.8, 4) is 0 Å². The van der Waals surface area contributed by atoms with Gasteiger partial charge in [0.15, 0.2) is 0 Å². The van der Waals surface area contributed by atoms with Gasteiger partial charge in [0.1, 0.15) is 12.3 Å². The van der Waals surface area contributed by atoms with Gasteiger partial charge in [-0.3, -0.25) is 14.6 Å². The highest BCUT2D eigenvalue weighted by atomic mass is 16.5. The first-order chi connectivity index (χ1) is 13.7. The van der Waals surface area contributed by atoms with Crippen LogP contribution in [0.15, 0.2) is 54.7 Å². The van der Waals surface area contributed by atoms with Crippen molar-refractivity contribution in [2.45, 2.75) is 25.5 Å². The van der Waals surface area contributed by atoms with Gasteiger partial charge in [0.2, 0.25) is 5.91 Å². The first-order valence-corrected chi connectivity index (χ1v) is 9.82. The molecule has 3 aliphatic rings. The number of ether oxygens (including phenoxy) is 1. The van der Waals surface area contributed by atoms with Crippen LogP contribution in [0, 0.1) is 5.92 Å². The van der Waals surface area contributed by atoms with E-state index < -0.39 is 0 Å². The van der Waals surface area contributed by atoms with Crippen molar-refractivity contribution in [3.05, 3.63) is 66.0 Å². The molecule has 28 heavy (non-hydrogen) atoms. The van der Waals surface area contributed by atoms with Crippen LogP contribution in [0.3, 0.4) is 0 Å². The van der Waals surface area contributed by atoms with Crippen LogP contribution in [-0.4, -0.2) is 58.9 Å². The van der Waals surface area contributed by atoms with E-state index in [0.717, 1.165) is 18.4 Å². The van der Waals surface area contributed by atoms with Crippen LogP contribution in [0.4, 0.5) is 0 Å². The zero-order valence-corrected chi connectivity index (χ0v) is 15.9. The Hall–Kier alpha value is -2.73. The lowest BCUT2D eigenvalue weighted by Gasteiger charge is -2.36. The van der Waals surface area contributed by atoms with E-state index >= 15 is 0 Å². The van der Waals surface area contributed by atoms with Gasteiger partial charge >= 0.3 is 0 Å². The zero-order chi connectivity index (χ0) is 19.3. The standard InChI is InChI=1S/C22H25N3O3/c26-21(16-28-15-17-6-2-1-3-7-17)25-13-18-9-10-19(25)14-24(12-18)22(27)20-8-4-5-11-23-20/h1-8,11,18-19H,9-10,12-16H2/t18-,19+/m0/s1. The molecule has 2 aromatic rings. The SMILES string of the molecule is O=C(c1ccccn1)N1C[C@@H]2CC[C@H](C1)N(C(=O)COCc1ccccc1)C2. The van der Waals surface area contributed by atoms with Gasteiger partial charge in [-0.1, -0.05) is 36.4 Å². The van der Waals surface area contributed by atoms with Crippen LogP contribution in [0.2, 0.25) is 0 Å². The van der Waals surface area contributed by atoms with Crippen molar-refractivity contribution in [3.63, 3.8) is 0 Å². The number of carbonyl (C=O) groups is 2. The molecule has 0 unspecified atom stereocenters. The Morgan fingerprint density at radius 3 is 2.61 bits per heavy atom. The molecule has 3 aliphatic heterocycles. The Bertz CT molecular complexity index is 812. The number of fused-ring (bicyclic) bond motifs is 4. The summed E-state index contributed by atoms with van der Waals surface area (Å²) in [4.78, 5) is 33.5. The molecule has 2 atom stereocenters. The minimum atomic E-state index is -0.0490. The fourth-order valence-corrected chi connectivity index (χ4v) is 4.12. The molecule has 146 valence electrons. The summed E-state index contributed by atoms with van der Waals surface area (Å²) < 4.78 is 5.65. The molecule has 2 bridgehead atoms. The third kappa shape index (κ3) is 4.22. The van der Waals surface area contributed by atoms with Crippen LogP contribution in [-0.2, 0) is 16.1 Å². The van der Waals surface area contributed by atoms with Gasteiger partial charge in [-0.25, -0.2) is 0 Å². The lowest BCUT2D eigenvalue weighted by molar-refractivity contribution is -0.140. The number of piperidine rings is 1. The van der Waals surface area contributed by atoms with Crippen molar-refractivity contribution in [1.29, 1.82) is 0 Å². The second-order valence-electron chi connectivity index (χ2n) is 7.55. The fraction of sp³-hybridized carbons (Fsp3) is 0.409. The molecule has 0 radical (unpaired) electrons. The van der Waals surface area contributed by atoms with Gasteiger partial charge in [0.05, 0.1) is 6.61 Å². The summed E-state index contributed by atoms with van der Waals surface area (Å²) in [5, 5.41) is 0. The Labute approximate surface area is 165 Å². The van der Waals surface area contributed by atoms with Gasteiger partial charge in [-0.2, -0.15) is 0 Å². The largest absolute Gasteiger partial charge is 0.367 e. The molecule has 5 rings (SSSR count). The molecule has 4 heterocycles. The zero-order valence-electron chi connectivity index (χ0n) is 15.9. The number of hydrogen-bond donors (Lipinski definition) is 0. The number of nitrogens with zero attached hydrogens (tertiary/aromatic N) is 3. The van der Waals surface area contributed by atoms with Crippen molar-refractivity contribution < 1.29 is 14.3 Å². The maximum Gasteiger partial charge on any atom is 0.272 e. The molecular formula is C22H25N3O3. The molecule has 0 spiro atoms. The summed E-state index contributed by atoms with van der Waals surface area (Å²) in [6, 6.07) is 15.3. The summed E-state index contributed by atoms with van der Waals surface area (Å²) in [5.41, 5.74) is 1.52. The van der Waals surface area contributed by atoms with E-state index in [-0.39, 0.29) is 24.5 Å². The van der Waals surface area contributed by atoms with Crippen LogP contribution in [0.1, 0.15) is 28.9 Å². The molecule has 3 saturated heterocycles. The topological polar surface area (TPSA) is 62.7 Å². The van der Waals surface area contributed by atoms with Crippen molar-refractivity contribution >= 4 is 11.8 Å².